The van der Waals surface area contributed by atoms with Crippen LogP contribution in [0, 0.1) is 5.82 Å². The second-order valence-electron chi connectivity index (χ2n) is 6.79. The Hall–Kier alpha value is -2.60. The lowest BCUT2D eigenvalue weighted by Crippen LogP contribution is -2.36. The molecule has 0 spiro atoms. The Morgan fingerprint density at radius 3 is 2.48 bits per heavy atom. The number of hydrogen-bond donors (Lipinski definition) is 1. The van der Waals surface area contributed by atoms with Crippen molar-refractivity contribution < 1.29 is 18.7 Å². The van der Waals surface area contributed by atoms with E-state index in [1.807, 2.05) is 32.0 Å². The topological polar surface area (TPSA) is 50.8 Å². The minimum Gasteiger partial charge on any atom is -0.493 e. The lowest BCUT2D eigenvalue weighted by Gasteiger charge is -2.24. The second-order valence-corrected chi connectivity index (χ2v) is 6.79. The number of amides is 1. The number of hydrogen-bond acceptors (Lipinski definition) is 4. The smallest absolute Gasteiger partial charge is 0.242 e. The molecule has 0 aliphatic rings. The van der Waals surface area contributed by atoms with Crippen LogP contribution in [0.3, 0.4) is 0 Å². The van der Waals surface area contributed by atoms with Gasteiger partial charge in [0.2, 0.25) is 5.91 Å². The summed E-state index contributed by atoms with van der Waals surface area (Å²) in [5.74, 6) is 0.711. The van der Waals surface area contributed by atoms with Crippen LogP contribution in [0.5, 0.6) is 11.5 Å². The van der Waals surface area contributed by atoms with Crippen LogP contribution in [-0.2, 0) is 11.3 Å². The number of nitrogens with one attached hydrogen (secondary N) is 1. The highest BCUT2D eigenvalue weighted by molar-refractivity contribution is 5.83. The molecule has 0 aliphatic heterocycles. The Kier molecular flexibility index (Phi) is 7.19. The Morgan fingerprint density at radius 2 is 1.89 bits per heavy atom. The molecule has 5 nitrogen and oxygen atoms in total. The molecule has 146 valence electrons. The summed E-state index contributed by atoms with van der Waals surface area (Å²) in [7, 11) is 5.16. The predicted molar refractivity (Wildman–Crippen MR) is 103 cm³/mol. The molecule has 2 aromatic rings. The average Bonchev–Trinajstić information content (AvgIpc) is 2.60. The van der Waals surface area contributed by atoms with Crippen molar-refractivity contribution in [2.75, 3.05) is 21.2 Å². The number of benzene rings is 2. The lowest BCUT2D eigenvalue weighted by atomic mass is 10.0. The van der Waals surface area contributed by atoms with Gasteiger partial charge in [-0.1, -0.05) is 18.2 Å². The summed E-state index contributed by atoms with van der Waals surface area (Å²) in [5, 5.41) is 2.91. The summed E-state index contributed by atoms with van der Waals surface area (Å²) >= 11 is 0. The fourth-order valence-corrected chi connectivity index (χ4v) is 2.82. The summed E-state index contributed by atoms with van der Waals surface area (Å²) in [4.78, 5) is 14.5. The van der Waals surface area contributed by atoms with E-state index in [0.717, 1.165) is 5.56 Å². The zero-order valence-electron chi connectivity index (χ0n) is 16.5. The van der Waals surface area contributed by atoms with Crippen molar-refractivity contribution in [1.82, 2.24) is 10.2 Å². The number of ether oxygens (including phenoxy) is 2. The predicted octanol–water partition coefficient (Wildman–Crippen LogP) is 3.54. The van der Waals surface area contributed by atoms with Gasteiger partial charge in [0.1, 0.15) is 11.9 Å². The molecular formula is C21H27FN2O3. The molecule has 0 bridgehead atoms. The minimum absolute atomic E-state index is 0.0385. The largest absolute Gasteiger partial charge is 0.493 e. The van der Waals surface area contributed by atoms with Crippen LogP contribution < -0.4 is 14.8 Å². The highest BCUT2D eigenvalue weighted by atomic mass is 19.1. The normalized spacial score (nSPS) is 12.1. The Balaban J connectivity index is 2.11. The highest BCUT2D eigenvalue weighted by Gasteiger charge is 2.23. The number of carbonyl (C=O) groups excluding carboxylic acids is 1. The number of carbonyl (C=O) groups is 1. The lowest BCUT2D eigenvalue weighted by molar-refractivity contribution is -0.125. The van der Waals surface area contributed by atoms with Crippen LogP contribution >= 0.6 is 0 Å². The molecule has 0 aliphatic carbocycles. The molecule has 1 unspecified atom stereocenters. The fourth-order valence-electron chi connectivity index (χ4n) is 2.82. The number of methoxy groups -OCH3 is 1. The van der Waals surface area contributed by atoms with Gasteiger partial charge in [0.15, 0.2) is 11.5 Å². The summed E-state index contributed by atoms with van der Waals surface area (Å²) in [6.45, 7) is 4.22. The van der Waals surface area contributed by atoms with Gasteiger partial charge in [-0.2, -0.15) is 0 Å². The monoisotopic (exact) mass is 374 g/mol. The molecule has 1 amide bonds. The van der Waals surface area contributed by atoms with Crippen LogP contribution in [0.1, 0.15) is 31.0 Å². The first-order valence-corrected chi connectivity index (χ1v) is 8.85. The van der Waals surface area contributed by atoms with Crippen LogP contribution in [0.15, 0.2) is 42.5 Å². The average molecular weight is 374 g/mol. The number of rotatable bonds is 8. The van der Waals surface area contributed by atoms with E-state index < -0.39 is 6.04 Å². The number of likely N-dealkylation sites (N-methyl/N-ethyl adjacent to an activating group) is 1. The third-order valence-electron chi connectivity index (χ3n) is 3.99. The van der Waals surface area contributed by atoms with Gasteiger partial charge in [-0.3, -0.25) is 9.69 Å². The van der Waals surface area contributed by atoms with E-state index in [0.29, 0.717) is 23.6 Å². The van der Waals surface area contributed by atoms with Gasteiger partial charge in [0.05, 0.1) is 13.2 Å². The van der Waals surface area contributed by atoms with Gasteiger partial charge in [-0.05, 0) is 63.3 Å². The third-order valence-corrected chi connectivity index (χ3v) is 3.99. The summed E-state index contributed by atoms with van der Waals surface area (Å²) in [5.41, 5.74) is 1.49. The Morgan fingerprint density at radius 1 is 1.15 bits per heavy atom. The summed E-state index contributed by atoms with van der Waals surface area (Å²) in [6, 6.07) is 11.1. The number of halogens is 1. The molecule has 27 heavy (non-hydrogen) atoms. The van der Waals surface area contributed by atoms with Crippen LogP contribution in [0.25, 0.3) is 0 Å². The number of nitrogens with zero attached hydrogens (tertiary/aromatic N) is 1. The quantitative estimate of drug-likeness (QED) is 0.768. The Bertz CT molecular complexity index is 778. The van der Waals surface area contributed by atoms with E-state index in [-0.39, 0.29) is 17.8 Å². The molecule has 2 aromatic carbocycles. The zero-order valence-corrected chi connectivity index (χ0v) is 16.5. The van der Waals surface area contributed by atoms with E-state index >= 15 is 0 Å². The van der Waals surface area contributed by atoms with Gasteiger partial charge in [0.25, 0.3) is 0 Å². The zero-order chi connectivity index (χ0) is 20.0. The van der Waals surface area contributed by atoms with Gasteiger partial charge in [-0.25, -0.2) is 4.39 Å². The first-order chi connectivity index (χ1) is 12.8. The first-order valence-electron chi connectivity index (χ1n) is 8.85. The van der Waals surface area contributed by atoms with Crippen molar-refractivity contribution in [2.45, 2.75) is 32.5 Å². The Labute approximate surface area is 160 Å². The second kappa shape index (κ2) is 9.37. The van der Waals surface area contributed by atoms with Crippen molar-refractivity contribution >= 4 is 5.91 Å². The van der Waals surface area contributed by atoms with Crippen molar-refractivity contribution in [3.8, 4) is 11.5 Å². The molecule has 1 atom stereocenters. The van der Waals surface area contributed by atoms with Crippen molar-refractivity contribution in [3.63, 3.8) is 0 Å². The van der Waals surface area contributed by atoms with E-state index in [9.17, 15) is 9.18 Å². The molecule has 0 heterocycles. The fraction of sp³-hybridized carbons (Fsp3) is 0.381. The highest BCUT2D eigenvalue weighted by Crippen LogP contribution is 2.29. The first kappa shape index (κ1) is 20.7. The molecule has 2 rings (SSSR count). The van der Waals surface area contributed by atoms with Gasteiger partial charge < -0.3 is 14.8 Å². The SMILES string of the molecule is COc1cc(CNC(=O)C(c2cccc(F)c2)N(C)C)ccc1OC(C)C. The van der Waals surface area contributed by atoms with Crippen molar-refractivity contribution in [3.05, 3.63) is 59.4 Å². The van der Waals surface area contributed by atoms with Crippen molar-refractivity contribution in [1.29, 1.82) is 0 Å². The van der Waals surface area contributed by atoms with E-state index in [1.165, 1.54) is 12.1 Å². The van der Waals surface area contributed by atoms with Crippen LogP contribution in [0.2, 0.25) is 0 Å². The van der Waals surface area contributed by atoms with E-state index in [2.05, 4.69) is 5.32 Å². The maximum absolute atomic E-state index is 13.5. The molecule has 0 saturated carbocycles. The molecule has 0 radical (unpaired) electrons. The van der Waals surface area contributed by atoms with Gasteiger partial charge in [0, 0.05) is 6.54 Å². The maximum Gasteiger partial charge on any atom is 0.242 e. The molecule has 0 saturated heterocycles. The minimum atomic E-state index is -0.578. The van der Waals surface area contributed by atoms with Crippen LogP contribution in [0.4, 0.5) is 4.39 Å². The van der Waals surface area contributed by atoms with Gasteiger partial charge in [-0.15, -0.1) is 0 Å². The molecule has 1 N–H and O–H groups in total. The van der Waals surface area contributed by atoms with Crippen LogP contribution in [-0.4, -0.2) is 38.1 Å². The van der Waals surface area contributed by atoms with E-state index in [1.54, 1.807) is 38.2 Å². The molecular weight excluding hydrogens is 347 g/mol. The summed E-state index contributed by atoms with van der Waals surface area (Å²) in [6.07, 6.45) is 0.0385. The molecule has 0 aromatic heterocycles. The summed E-state index contributed by atoms with van der Waals surface area (Å²) < 4.78 is 24.6. The maximum atomic E-state index is 13.5. The van der Waals surface area contributed by atoms with Crippen molar-refractivity contribution in [2.24, 2.45) is 0 Å². The third kappa shape index (κ3) is 5.69. The molecule has 0 fully saturated rings. The van der Waals surface area contributed by atoms with E-state index in [4.69, 9.17) is 9.47 Å². The standard InChI is InChI=1S/C21H27FN2O3/c1-14(2)27-18-10-9-15(11-19(18)26-5)13-23-21(25)20(24(3)4)16-7-6-8-17(22)12-16/h6-12,14,20H,13H2,1-5H3,(H,23,25). The molecule has 6 heteroatoms. The van der Waals surface area contributed by atoms with Gasteiger partial charge >= 0.3 is 0 Å².